The highest BCUT2D eigenvalue weighted by Crippen LogP contribution is 2.29. The van der Waals surface area contributed by atoms with Gasteiger partial charge in [0.05, 0.1) is 0 Å². The molecule has 1 aliphatic rings. The second-order valence-corrected chi connectivity index (χ2v) is 7.87. The zero-order chi connectivity index (χ0) is 21.2. The molecule has 0 saturated carbocycles. The van der Waals surface area contributed by atoms with Crippen LogP contribution in [-0.2, 0) is 0 Å². The highest BCUT2D eigenvalue weighted by Gasteiger charge is 2.20. The molecule has 3 heterocycles. The van der Waals surface area contributed by atoms with Crippen molar-refractivity contribution in [2.24, 2.45) is 0 Å². The second-order valence-electron chi connectivity index (χ2n) is 7.87. The summed E-state index contributed by atoms with van der Waals surface area (Å²) in [6, 6.07) is 15.1. The van der Waals surface area contributed by atoms with Gasteiger partial charge in [-0.1, -0.05) is 18.2 Å². The van der Waals surface area contributed by atoms with Gasteiger partial charge in [-0.25, -0.2) is 0 Å². The summed E-state index contributed by atoms with van der Waals surface area (Å²) in [5.41, 5.74) is 4.27. The molecule has 4 aromatic rings. The Labute approximate surface area is 180 Å². The van der Waals surface area contributed by atoms with E-state index < -0.39 is 0 Å². The van der Waals surface area contributed by atoms with Crippen molar-refractivity contribution in [2.75, 3.05) is 28.6 Å². The Morgan fingerprint density at radius 1 is 0.903 bits per heavy atom. The first-order chi connectivity index (χ1) is 15.1. The largest absolute Gasteiger partial charge is 0.508 e. The van der Waals surface area contributed by atoms with Gasteiger partial charge in [0.25, 0.3) is 0 Å². The molecule has 5 rings (SSSR count). The molecule has 1 saturated heterocycles. The minimum Gasteiger partial charge on any atom is -0.508 e. The number of fused-ring (bicyclic) bond motifs is 1. The molecular weight excluding hydrogens is 390 g/mol. The molecule has 0 bridgehead atoms. The number of aromatic nitrogens is 4. The van der Waals surface area contributed by atoms with Crippen LogP contribution in [-0.4, -0.2) is 38.1 Å². The third-order valence-electron chi connectivity index (χ3n) is 5.37. The number of hydrogen-bond acceptors (Lipinski definition) is 7. The summed E-state index contributed by atoms with van der Waals surface area (Å²) in [7, 11) is 0. The zero-order valence-corrected chi connectivity index (χ0v) is 17.4. The molecule has 4 N–H and O–H groups in total. The number of aromatic amines is 1. The van der Waals surface area contributed by atoms with Gasteiger partial charge in [0, 0.05) is 30.5 Å². The number of benzene rings is 2. The van der Waals surface area contributed by atoms with Crippen molar-refractivity contribution in [2.45, 2.75) is 26.2 Å². The highest BCUT2D eigenvalue weighted by atomic mass is 16.3. The van der Waals surface area contributed by atoms with Gasteiger partial charge in [0.1, 0.15) is 11.3 Å². The number of phenols is 1. The smallest absolute Gasteiger partial charge is 0.231 e. The highest BCUT2D eigenvalue weighted by molar-refractivity contribution is 5.87. The fourth-order valence-electron chi connectivity index (χ4n) is 3.90. The van der Waals surface area contributed by atoms with Crippen molar-refractivity contribution in [1.82, 2.24) is 19.9 Å². The number of imidazole rings is 1. The number of rotatable bonds is 5. The van der Waals surface area contributed by atoms with Crippen molar-refractivity contribution in [3.05, 3.63) is 54.1 Å². The van der Waals surface area contributed by atoms with Crippen LogP contribution in [0.2, 0.25) is 0 Å². The van der Waals surface area contributed by atoms with E-state index in [4.69, 9.17) is 4.98 Å². The zero-order valence-electron chi connectivity index (χ0n) is 17.4. The Kier molecular flexibility index (Phi) is 5.03. The molecule has 2 aromatic carbocycles. The van der Waals surface area contributed by atoms with E-state index in [0.29, 0.717) is 17.5 Å². The molecule has 1 aliphatic heterocycles. The molecule has 0 amide bonds. The van der Waals surface area contributed by atoms with Crippen molar-refractivity contribution < 1.29 is 5.11 Å². The molecule has 0 aliphatic carbocycles. The van der Waals surface area contributed by atoms with Gasteiger partial charge in [0.15, 0.2) is 11.5 Å². The van der Waals surface area contributed by atoms with E-state index in [9.17, 15) is 5.11 Å². The molecule has 158 valence electrons. The molecule has 8 heteroatoms. The lowest BCUT2D eigenvalue weighted by atomic mass is 10.1. The van der Waals surface area contributed by atoms with E-state index >= 15 is 0 Å². The molecule has 0 unspecified atom stereocenters. The normalized spacial score (nSPS) is 14.0. The van der Waals surface area contributed by atoms with Crippen LogP contribution in [0, 0.1) is 6.92 Å². The van der Waals surface area contributed by atoms with E-state index in [-0.39, 0.29) is 5.75 Å². The second kappa shape index (κ2) is 8.14. The molecule has 31 heavy (non-hydrogen) atoms. The number of aromatic hydroxyl groups is 1. The summed E-state index contributed by atoms with van der Waals surface area (Å²) in [4.78, 5) is 19.8. The van der Waals surface area contributed by atoms with Gasteiger partial charge in [-0.05, 0) is 56.0 Å². The van der Waals surface area contributed by atoms with Crippen LogP contribution >= 0.6 is 0 Å². The lowest BCUT2D eigenvalue weighted by Gasteiger charge is -2.28. The summed E-state index contributed by atoms with van der Waals surface area (Å²) < 4.78 is 0. The van der Waals surface area contributed by atoms with Gasteiger partial charge in [-0.2, -0.15) is 15.0 Å². The number of nitrogens with one attached hydrogen (secondary N) is 3. The maximum absolute atomic E-state index is 9.77. The quantitative estimate of drug-likeness (QED) is 0.370. The van der Waals surface area contributed by atoms with Crippen LogP contribution in [0.15, 0.2) is 48.5 Å². The maximum atomic E-state index is 9.77. The van der Waals surface area contributed by atoms with Crippen LogP contribution in [0.4, 0.5) is 29.1 Å². The van der Waals surface area contributed by atoms with Gasteiger partial charge in [-0.15, -0.1) is 0 Å². The maximum Gasteiger partial charge on any atom is 0.231 e. The molecule has 1 fully saturated rings. The number of hydrogen-bond donors (Lipinski definition) is 4. The van der Waals surface area contributed by atoms with Gasteiger partial charge >= 0.3 is 0 Å². The SMILES string of the molecule is Cc1cccc(Nc2nc3nc(Nc4cccc(O)c4)nc(N4CCCCC4)c3[nH]2)c1. The molecule has 0 spiro atoms. The number of H-pyrrole nitrogens is 1. The monoisotopic (exact) mass is 415 g/mol. The number of piperidine rings is 1. The lowest BCUT2D eigenvalue weighted by molar-refractivity contribution is 0.475. The molecule has 2 aromatic heterocycles. The predicted molar refractivity (Wildman–Crippen MR) is 124 cm³/mol. The van der Waals surface area contributed by atoms with Gasteiger partial charge < -0.3 is 25.6 Å². The minimum absolute atomic E-state index is 0.187. The van der Waals surface area contributed by atoms with E-state index in [1.807, 2.05) is 18.2 Å². The Hall–Kier alpha value is -3.81. The van der Waals surface area contributed by atoms with E-state index in [0.717, 1.165) is 48.6 Å². The Bertz CT molecular complexity index is 1210. The van der Waals surface area contributed by atoms with E-state index in [1.54, 1.807) is 18.2 Å². The Morgan fingerprint density at radius 3 is 2.45 bits per heavy atom. The number of anilines is 5. The molecule has 0 atom stereocenters. The van der Waals surface area contributed by atoms with Crippen LogP contribution in [0.5, 0.6) is 5.75 Å². The van der Waals surface area contributed by atoms with Crippen LogP contribution in [0.1, 0.15) is 24.8 Å². The van der Waals surface area contributed by atoms with E-state index in [2.05, 4.69) is 49.5 Å². The summed E-state index contributed by atoms with van der Waals surface area (Å²) in [5, 5.41) is 16.3. The average Bonchev–Trinajstić information content (AvgIpc) is 3.16. The first-order valence-electron chi connectivity index (χ1n) is 10.6. The van der Waals surface area contributed by atoms with Gasteiger partial charge in [0.2, 0.25) is 11.9 Å². The van der Waals surface area contributed by atoms with Crippen molar-refractivity contribution in [3.8, 4) is 5.75 Å². The lowest BCUT2D eigenvalue weighted by Crippen LogP contribution is -2.30. The first-order valence-corrected chi connectivity index (χ1v) is 10.6. The molecule has 8 nitrogen and oxygen atoms in total. The number of phenolic OH excluding ortho intramolecular Hbond substituents is 1. The Balaban J connectivity index is 1.53. The molecular formula is C23H25N7O. The third kappa shape index (κ3) is 4.23. The fraction of sp³-hybridized carbons (Fsp3) is 0.261. The fourth-order valence-corrected chi connectivity index (χ4v) is 3.90. The van der Waals surface area contributed by atoms with Crippen molar-refractivity contribution >= 4 is 40.3 Å². The third-order valence-corrected chi connectivity index (χ3v) is 5.37. The summed E-state index contributed by atoms with van der Waals surface area (Å²) in [6.07, 6.45) is 3.52. The summed E-state index contributed by atoms with van der Waals surface area (Å²) >= 11 is 0. The summed E-state index contributed by atoms with van der Waals surface area (Å²) in [5.74, 6) is 2.11. The van der Waals surface area contributed by atoms with Crippen LogP contribution in [0.25, 0.3) is 11.2 Å². The Morgan fingerprint density at radius 2 is 1.68 bits per heavy atom. The standard InChI is InChI=1S/C23H25N7O/c1-15-7-5-8-16(13-15)24-22-26-19-20(27-22)28-23(25-17-9-6-10-18(31)14-17)29-21(19)30-11-3-2-4-12-30/h5-10,13-14,31H,2-4,11-12H2,1H3,(H3,24,25,26,27,28,29). The summed E-state index contributed by atoms with van der Waals surface area (Å²) in [6.45, 7) is 3.97. The topological polar surface area (TPSA) is 102 Å². The molecule has 0 radical (unpaired) electrons. The average molecular weight is 416 g/mol. The minimum atomic E-state index is 0.187. The van der Waals surface area contributed by atoms with Crippen molar-refractivity contribution in [3.63, 3.8) is 0 Å². The predicted octanol–water partition coefficient (Wildman–Crippen LogP) is 4.84. The number of aryl methyl sites for hydroxylation is 1. The van der Waals surface area contributed by atoms with Gasteiger partial charge in [-0.3, -0.25) is 0 Å². The number of nitrogens with zero attached hydrogens (tertiary/aromatic N) is 4. The van der Waals surface area contributed by atoms with Crippen LogP contribution in [0.3, 0.4) is 0 Å². The van der Waals surface area contributed by atoms with E-state index in [1.165, 1.54) is 12.0 Å². The first kappa shape index (κ1) is 19.2. The van der Waals surface area contributed by atoms with Crippen molar-refractivity contribution in [1.29, 1.82) is 0 Å². The van der Waals surface area contributed by atoms with Crippen LogP contribution < -0.4 is 15.5 Å².